The molecule has 4 N–H and O–H groups in total. The molecule has 0 spiro atoms. The average Bonchev–Trinajstić information content (AvgIpc) is 3.28. The van der Waals surface area contributed by atoms with Crippen LogP contribution in [0.1, 0.15) is 63.9 Å². The van der Waals surface area contributed by atoms with Gasteiger partial charge in [0.25, 0.3) is 0 Å². The Morgan fingerprint density at radius 2 is 1.60 bits per heavy atom. The third-order valence-corrected chi connectivity index (χ3v) is 8.00. The molecule has 6 heteroatoms. The third-order valence-electron chi connectivity index (χ3n) is 8.00. The van der Waals surface area contributed by atoms with Crippen molar-refractivity contribution in [1.82, 2.24) is 0 Å². The second kappa shape index (κ2) is 10.5. The molecule has 2 unspecified atom stereocenters. The van der Waals surface area contributed by atoms with Crippen LogP contribution in [0, 0.1) is 11.3 Å². The summed E-state index contributed by atoms with van der Waals surface area (Å²) in [5, 5.41) is 1.68. The summed E-state index contributed by atoms with van der Waals surface area (Å²) >= 11 is 0. The van der Waals surface area contributed by atoms with E-state index in [2.05, 4.69) is 6.92 Å². The molecule has 0 bridgehead atoms. The molecule has 2 aromatic rings. The molecule has 35 heavy (non-hydrogen) atoms. The number of amides is 2. The monoisotopic (exact) mass is 472 g/mol. The lowest BCUT2D eigenvalue weighted by Crippen LogP contribution is -2.64. The minimum atomic E-state index is -1.38. The zero-order chi connectivity index (χ0) is 24.9. The molecule has 184 valence electrons. The van der Waals surface area contributed by atoms with Gasteiger partial charge in [-0.25, -0.2) is 0 Å². The van der Waals surface area contributed by atoms with E-state index in [1.165, 1.54) is 0 Å². The van der Waals surface area contributed by atoms with Gasteiger partial charge in [0, 0.05) is 11.4 Å². The lowest BCUT2D eigenvalue weighted by molar-refractivity contribution is -0.138. The summed E-state index contributed by atoms with van der Waals surface area (Å²) in [6.45, 7) is 2.26. The van der Waals surface area contributed by atoms with Gasteiger partial charge >= 0.3 is 0 Å². The van der Waals surface area contributed by atoms with E-state index in [9.17, 15) is 9.59 Å². The number of fused-ring (bicyclic) bond motifs is 1. The number of rotatable bonds is 10. The number of nitrogens with two attached hydrogens (primary N) is 2. The van der Waals surface area contributed by atoms with Crippen molar-refractivity contribution in [3.63, 3.8) is 0 Å². The van der Waals surface area contributed by atoms with Crippen LogP contribution in [0.2, 0.25) is 0 Å². The van der Waals surface area contributed by atoms with Crippen molar-refractivity contribution in [2.75, 3.05) is 6.54 Å². The van der Waals surface area contributed by atoms with Gasteiger partial charge in [-0.3, -0.25) is 19.6 Å². The number of benzene rings is 2. The van der Waals surface area contributed by atoms with Crippen LogP contribution < -0.4 is 22.0 Å². The molecule has 0 aromatic heterocycles. The Kier molecular flexibility index (Phi) is 7.48. The van der Waals surface area contributed by atoms with Crippen molar-refractivity contribution in [3.05, 3.63) is 70.7 Å². The highest BCUT2D eigenvalue weighted by Crippen LogP contribution is 2.52. The smallest absolute Gasteiger partial charge is 0.230 e. The fourth-order valence-corrected chi connectivity index (χ4v) is 6.22. The molecule has 0 radical (unpaired) electrons. The average molecular weight is 473 g/mol. The van der Waals surface area contributed by atoms with Crippen LogP contribution in [-0.4, -0.2) is 24.1 Å². The molecular formula is C29H36N4O2. The molecule has 2 amide bonds. The van der Waals surface area contributed by atoms with Crippen LogP contribution in [0.5, 0.6) is 0 Å². The summed E-state index contributed by atoms with van der Waals surface area (Å²) < 4.78 is 0. The van der Waals surface area contributed by atoms with Gasteiger partial charge in [0.2, 0.25) is 11.8 Å². The van der Waals surface area contributed by atoms with Crippen LogP contribution >= 0.6 is 0 Å². The second-order valence-electron chi connectivity index (χ2n) is 9.94. The Hall–Kier alpha value is -3.28. The molecule has 1 saturated carbocycles. The highest BCUT2D eigenvalue weighted by Gasteiger charge is 2.63. The van der Waals surface area contributed by atoms with Gasteiger partial charge in [0.15, 0.2) is 0 Å². The highest BCUT2D eigenvalue weighted by atomic mass is 16.2. The Morgan fingerprint density at radius 3 is 2.26 bits per heavy atom. The van der Waals surface area contributed by atoms with Crippen LogP contribution in [0.3, 0.4) is 0 Å². The van der Waals surface area contributed by atoms with E-state index >= 15 is 0 Å². The van der Waals surface area contributed by atoms with E-state index in [-0.39, 0.29) is 12.5 Å². The molecule has 4 rings (SSSR count). The number of nitrogens with zero attached hydrogens (tertiary/aromatic N) is 2. The van der Waals surface area contributed by atoms with Gasteiger partial charge in [0.1, 0.15) is 5.41 Å². The number of hydrogen-bond donors (Lipinski definition) is 2. The number of carbonyl (C=O) groups is 2. The Bertz CT molecular complexity index is 1220. The maximum atomic E-state index is 13.9. The molecule has 1 aliphatic heterocycles. The van der Waals surface area contributed by atoms with E-state index in [1.54, 1.807) is 6.20 Å². The zero-order valence-electron chi connectivity index (χ0n) is 20.6. The van der Waals surface area contributed by atoms with E-state index in [0.717, 1.165) is 54.7 Å². The first-order valence-corrected chi connectivity index (χ1v) is 12.8. The first kappa shape index (κ1) is 24.8. The number of aliphatic imine (C=N–C) groups is 1. The zero-order valence-corrected chi connectivity index (χ0v) is 20.6. The fourth-order valence-electron chi connectivity index (χ4n) is 6.22. The number of para-hydroxylation sites is 1. The number of primary amides is 2. The maximum absolute atomic E-state index is 13.9. The first-order valence-electron chi connectivity index (χ1n) is 12.8. The maximum Gasteiger partial charge on any atom is 0.230 e. The molecule has 1 aliphatic carbocycles. The van der Waals surface area contributed by atoms with Gasteiger partial charge < -0.3 is 11.5 Å². The van der Waals surface area contributed by atoms with Crippen molar-refractivity contribution >= 4 is 23.7 Å². The Labute approximate surface area is 207 Å². The van der Waals surface area contributed by atoms with Crippen LogP contribution in [0.25, 0.3) is 6.20 Å². The normalized spacial score (nSPS) is 19.2. The lowest BCUT2D eigenvalue weighted by atomic mass is 9.52. The number of hydrogen-bond acceptors (Lipinski definition) is 4. The SMILES string of the molecule is CCCCC(C(N)=O)(c1ccccc1)C(CC1CCCC1)(C(N)=O)C1=NC=c2ccccc2=NC1. The minimum Gasteiger partial charge on any atom is -0.369 e. The first-order chi connectivity index (χ1) is 17.0. The van der Waals surface area contributed by atoms with E-state index in [0.29, 0.717) is 18.6 Å². The van der Waals surface area contributed by atoms with E-state index in [4.69, 9.17) is 21.5 Å². The standard InChI is InChI=1S/C29H36N4O2/c1-2-3-17-28(26(30)34,23-14-5-4-6-15-23)29(27(31)35,18-21-11-7-8-12-21)25-20-32-24-16-10-9-13-22(24)19-33-25/h4-6,9-10,13-16,19,21H,2-3,7-8,11-12,17-18,20H2,1H3,(H2,30,34)(H2,31,35). The summed E-state index contributed by atoms with van der Waals surface area (Å²) in [6, 6.07) is 17.2. The van der Waals surface area contributed by atoms with Gasteiger partial charge in [-0.05, 0) is 30.4 Å². The van der Waals surface area contributed by atoms with Crippen molar-refractivity contribution in [2.24, 2.45) is 32.8 Å². The molecular weight excluding hydrogens is 436 g/mol. The lowest BCUT2D eigenvalue weighted by Gasteiger charge is -2.49. The summed E-state index contributed by atoms with van der Waals surface area (Å²) in [5.74, 6) is -0.810. The highest BCUT2D eigenvalue weighted by molar-refractivity contribution is 6.16. The van der Waals surface area contributed by atoms with Crippen molar-refractivity contribution in [2.45, 2.75) is 63.7 Å². The van der Waals surface area contributed by atoms with Gasteiger partial charge in [-0.15, -0.1) is 0 Å². The molecule has 0 saturated heterocycles. The van der Waals surface area contributed by atoms with Crippen LogP contribution in [0.4, 0.5) is 0 Å². The fraction of sp³-hybridized carbons (Fsp3) is 0.448. The summed E-state index contributed by atoms with van der Waals surface area (Å²) in [5.41, 5.74) is 11.3. The number of carbonyl (C=O) groups excluding carboxylic acids is 2. The minimum absolute atomic E-state index is 0.192. The molecule has 6 nitrogen and oxygen atoms in total. The second-order valence-corrected chi connectivity index (χ2v) is 9.94. The largest absolute Gasteiger partial charge is 0.369 e. The number of unbranched alkanes of at least 4 members (excludes halogenated alkanes) is 1. The predicted molar refractivity (Wildman–Crippen MR) is 139 cm³/mol. The van der Waals surface area contributed by atoms with Gasteiger partial charge in [-0.1, -0.05) is 94.0 Å². The van der Waals surface area contributed by atoms with E-state index < -0.39 is 22.6 Å². The topological polar surface area (TPSA) is 111 Å². The Balaban J connectivity index is 2.03. The van der Waals surface area contributed by atoms with Gasteiger partial charge in [-0.2, -0.15) is 0 Å². The third kappa shape index (κ3) is 4.42. The molecule has 1 fully saturated rings. The predicted octanol–water partition coefficient (Wildman–Crippen LogP) is 3.16. The summed E-state index contributed by atoms with van der Waals surface area (Å²) in [7, 11) is 0. The molecule has 2 aliphatic rings. The Morgan fingerprint density at radius 1 is 0.943 bits per heavy atom. The quantitative estimate of drug-likeness (QED) is 0.554. The summed E-state index contributed by atoms with van der Waals surface area (Å²) in [4.78, 5) is 37.3. The van der Waals surface area contributed by atoms with Crippen LogP contribution in [0.15, 0.2) is 64.6 Å². The van der Waals surface area contributed by atoms with Crippen molar-refractivity contribution in [1.29, 1.82) is 0 Å². The molecule has 1 heterocycles. The van der Waals surface area contributed by atoms with Crippen LogP contribution in [-0.2, 0) is 15.0 Å². The van der Waals surface area contributed by atoms with Gasteiger partial charge in [0.05, 0.1) is 23.0 Å². The summed E-state index contributed by atoms with van der Waals surface area (Å²) in [6.07, 6.45) is 8.43. The molecule has 2 atom stereocenters. The molecule has 2 aromatic carbocycles. The van der Waals surface area contributed by atoms with Crippen molar-refractivity contribution < 1.29 is 9.59 Å². The van der Waals surface area contributed by atoms with Crippen molar-refractivity contribution in [3.8, 4) is 0 Å². The van der Waals surface area contributed by atoms with E-state index in [1.807, 2.05) is 54.6 Å².